The summed E-state index contributed by atoms with van der Waals surface area (Å²) in [6.07, 6.45) is 9.01. The zero-order chi connectivity index (χ0) is 21.0. The topological polar surface area (TPSA) is 18.5 Å². The second-order valence-corrected chi connectivity index (χ2v) is 8.95. The molecule has 2 aliphatic rings. The Labute approximate surface area is 174 Å². The number of hydrogen-bond acceptors (Lipinski definition) is 2. The molecule has 1 saturated heterocycles. The SMILES string of the molecule is CCCC1CCC(CCC2COC(c3cc(F)c(C(F)(F)Cl)c(F)c3)OC2)CC1. The lowest BCUT2D eigenvalue weighted by molar-refractivity contribution is -0.206. The maximum atomic E-state index is 13.9. The molecule has 0 aromatic heterocycles. The Bertz CT molecular complexity index is 640. The lowest BCUT2D eigenvalue weighted by Gasteiger charge is -2.32. The molecule has 1 aliphatic heterocycles. The van der Waals surface area contributed by atoms with Gasteiger partial charge in [-0.25, -0.2) is 8.78 Å². The predicted molar refractivity (Wildman–Crippen MR) is 104 cm³/mol. The molecule has 1 aromatic carbocycles. The van der Waals surface area contributed by atoms with E-state index in [-0.39, 0.29) is 11.5 Å². The molecule has 0 N–H and O–H groups in total. The predicted octanol–water partition coefficient (Wildman–Crippen LogP) is 7.30. The highest BCUT2D eigenvalue weighted by molar-refractivity contribution is 6.21. The average molecular weight is 437 g/mol. The number of benzene rings is 1. The summed E-state index contributed by atoms with van der Waals surface area (Å²) in [5.74, 6) is -0.931. The van der Waals surface area contributed by atoms with Crippen molar-refractivity contribution >= 4 is 11.6 Å². The van der Waals surface area contributed by atoms with Crippen molar-refractivity contribution in [2.24, 2.45) is 17.8 Å². The average Bonchev–Trinajstić information content (AvgIpc) is 2.66. The molecule has 29 heavy (non-hydrogen) atoms. The van der Waals surface area contributed by atoms with Gasteiger partial charge in [0.25, 0.3) is 0 Å². The molecule has 0 bridgehead atoms. The van der Waals surface area contributed by atoms with Crippen molar-refractivity contribution in [3.63, 3.8) is 0 Å². The Balaban J connectivity index is 1.46. The summed E-state index contributed by atoms with van der Waals surface area (Å²) in [7, 11) is 0. The third-order valence-electron chi connectivity index (χ3n) is 6.23. The van der Waals surface area contributed by atoms with E-state index in [1.807, 2.05) is 0 Å². The fourth-order valence-corrected chi connectivity index (χ4v) is 4.77. The molecule has 2 nitrogen and oxygen atoms in total. The fraction of sp³-hybridized carbons (Fsp3) is 0.727. The third-order valence-corrected chi connectivity index (χ3v) is 6.42. The third kappa shape index (κ3) is 6.08. The molecule has 1 aliphatic carbocycles. The fourth-order valence-electron chi connectivity index (χ4n) is 4.59. The maximum Gasteiger partial charge on any atom is 0.353 e. The van der Waals surface area contributed by atoms with Crippen LogP contribution in [-0.2, 0) is 14.9 Å². The van der Waals surface area contributed by atoms with Crippen LogP contribution in [0.1, 0.15) is 75.7 Å². The van der Waals surface area contributed by atoms with Crippen LogP contribution in [0.4, 0.5) is 17.6 Å². The van der Waals surface area contributed by atoms with Crippen molar-refractivity contribution in [2.45, 2.75) is 70.0 Å². The van der Waals surface area contributed by atoms with Crippen LogP contribution in [0.25, 0.3) is 0 Å². The summed E-state index contributed by atoms with van der Waals surface area (Å²) in [5.41, 5.74) is -1.41. The van der Waals surface area contributed by atoms with E-state index in [4.69, 9.17) is 21.1 Å². The Morgan fingerprint density at radius 1 is 0.897 bits per heavy atom. The highest BCUT2D eigenvalue weighted by Gasteiger charge is 2.36. The van der Waals surface area contributed by atoms with Gasteiger partial charge in [0.2, 0.25) is 0 Å². The molecule has 0 unspecified atom stereocenters. The second kappa shape index (κ2) is 9.97. The zero-order valence-corrected chi connectivity index (χ0v) is 17.5. The first-order valence-corrected chi connectivity index (χ1v) is 10.9. The first-order valence-electron chi connectivity index (χ1n) is 10.6. The number of rotatable bonds is 7. The Morgan fingerprint density at radius 3 is 1.86 bits per heavy atom. The van der Waals surface area contributed by atoms with Crippen molar-refractivity contribution in [3.05, 3.63) is 34.9 Å². The molecular formula is C22H29ClF4O2. The van der Waals surface area contributed by atoms with Crippen molar-refractivity contribution in [2.75, 3.05) is 13.2 Å². The molecule has 1 aromatic rings. The quantitative estimate of drug-likeness (QED) is 0.329. The first-order chi connectivity index (χ1) is 13.8. The first kappa shape index (κ1) is 22.8. The van der Waals surface area contributed by atoms with Crippen molar-refractivity contribution < 1.29 is 27.0 Å². The van der Waals surface area contributed by atoms with E-state index in [9.17, 15) is 17.6 Å². The van der Waals surface area contributed by atoms with Gasteiger partial charge in [-0.05, 0) is 42.0 Å². The number of hydrogen-bond donors (Lipinski definition) is 0. The van der Waals surface area contributed by atoms with E-state index in [1.165, 1.54) is 38.5 Å². The summed E-state index contributed by atoms with van der Waals surface area (Å²) < 4.78 is 65.3. The zero-order valence-electron chi connectivity index (χ0n) is 16.7. The number of alkyl halides is 3. The Kier molecular flexibility index (Phi) is 7.85. The number of halogens is 5. The smallest absolute Gasteiger partial charge is 0.348 e. The maximum absolute atomic E-state index is 13.9. The molecule has 7 heteroatoms. The van der Waals surface area contributed by atoms with Crippen LogP contribution in [0.2, 0.25) is 0 Å². The molecule has 0 spiro atoms. The van der Waals surface area contributed by atoms with Gasteiger partial charge in [-0.15, -0.1) is 0 Å². The van der Waals surface area contributed by atoms with Crippen LogP contribution in [-0.4, -0.2) is 13.2 Å². The Hall–Kier alpha value is -0.850. The molecule has 2 fully saturated rings. The van der Waals surface area contributed by atoms with Gasteiger partial charge in [-0.1, -0.05) is 51.9 Å². The molecule has 164 valence electrons. The lowest BCUT2D eigenvalue weighted by Crippen LogP contribution is -2.28. The molecule has 3 rings (SSSR count). The van der Waals surface area contributed by atoms with Crippen LogP contribution < -0.4 is 0 Å². The van der Waals surface area contributed by atoms with Crippen LogP contribution in [0.5, 0.6) is 0 Å². The number of ether oxygens (including phenoxy) is 2. The molecule has 1 heterocycles. The summed E-state index contributed by atoms with van der Waals surface area (Å²) in [4.78, 5) is 0. The van der Waals surface area contributed by atoms with Crippen LogP contribution >= 0.6 is 11.6 Å². The molecule has 1 saturated carbocycles. The minimum Gasteiger partial charge on any atom is -0.348 e. The second-order valence-electron chi connectivity index (χ2n) is 8.47. The van der Waals surface area contributed by atoms with Crippen LogP contribution in [0.15, 0.2) is 12.1 Å². The largest absolute Gasteiger partial charge is 0.353 e. The standard InChI is InChI=1S/C22H29ClF4O2/c1-2-3-14-4-6-15(7-5-14)8-9-16-12-28-21(29-13-16)17-10-18(24)20(19(25)11-17)22(23,26)27/h10-11,14-16,21H,2-9,12-13H2,1H3. The van der Waals surface area contributed by atoms with Gasteiger partial charge < -0.3 is 9.47 Å². The van der Waals surface area contributed by atoms with Gasteiger partial charge in [0, 0.05) is 11.5 Å². The highest BCUT2D eigenvalue weighted by Crippen LogP contribution is 2.39. The van der Waals surface area contributed by atoms with E-state index in [0.29, 0.717) is 13.2 Å². The normalized spacial score (nSPS) is 28.5. The molecule has 0 radical (unpaired) electrons. The van der Waals surface area contributed by atoms with E-state index >= 15 is 0 Å². The molecule has 0 atom stereocenters. The van der Waals surface area contributed by atoms with Crippen molar-refractivity contribution in [3.8, 4) is 0 Å². The minimum absolute atomic E-state index is 0.0392. The monoisotopic (exact) mass is 436 g/mol. The summed E-state index contributed by atoms with van der Waals surface area (Å²) in [6.45, 7) is 3.09. The van der Waals surface area contributed by atoms with E-state index in [1.54, 1.807) is 0 Å². The molecule has 0 amide bonds. The van der Waals surface area contributed by atoms with E-state index in [0.717, 1.165) is 36.8 Å². The van der Waals surface area contributed by atoms with Crippen molar-refractivity contribution in [1.29, 1.82) is 0 Å². The molecular weight excluding hydrogens is 408 g/mol. The Morgan fingerprint density at radius 2 is 1.38 bits per heavy atom. The van der Waals surface area contributed by atoms with Crippen LogP contribution in [0, 0.1) is 29.4 Å². The summed E-state index contributed by atoms with van der Waals surface area (Å²) in [6, 6.07) is 1.60. The lowest BCUT2D eigenvalue weighted by atomic mass is 9.77. The van der Waals surface area contributed by atoms with E-state index < -0.39 is 28.9 Å². The summed E-state index contributed by atoms with van der Waals surface area (Å²) >= 11 is 4.77. The van der Waals surface area contributed by atoms with Crippen molar-refractivity contribution in [1.82, 2.24) is 0 Å². The van der Waals surface area contributed by atoms with Gasteiger partial charge in [-0.2, -0.15) is 8.78 Å². The van der Waals surface area contributed by atoms with Gasteiger partial charge in [0.05, 0.1) is 13.2 Å². The minimum atomic E-state index is -4.11. The van der Waals surface area contributed by atoms with Gasteiger partial charge in [-0.3, -0.25) is 0 Å². The van der Waals surface area contributed by atoms with E-state index in [2.05, 4.69) is 6.92 Å². The summed E-state index contributed by atoms with van der Waals surface area (Å²) in [5, 5.41) is -4.11. The van der Waals surface area contributed by atoms with Crippen LogP contribution in [0.3, 0.4) is 0 Å². The van der Waals surface area contributed by atoms with Gasteiger partial charge >= 0.3 is 5.38 Å². The van der Waals surface area contributed by atoms with Gasteiger partial charge in [0.15, 0.2) is 6.29 Å². The highest BCUT2D eigenvalue weighted by atomic mass is 35.5. The van der Waals surface area contributed by atoms with Gasteiger partial charge in [0.1, 0.15) is 17.2 Å².